The summed E-state index contributed by atoms with van der Waals surface area (Å²) in [7, 11) is -2.27. The van der Waals surface area contributed by atoms with E-state index in [0.717, 1.165) is 22.3 Å². The Morgan fingerprint density at radius 2 is 1.67 bits per heavy atom. The maximum atomic E-state index is 13.2. The van der Waals surface area contributed by atoms with Gasteiger partial charge in [0.15, 0.2) is 20.6 Å². The minimum atomic E-state index is -2.27. The Balaban J connectivity index is 1.48. The molecule has 0 spiro atoms. The van der Waals surface area contributed by atoms with Crippen LogP contribution in [0.15, 0.2) is 66.3 Å². The van der Waals surface area contributed by atoms with Gasteiger partial charge in [0, 0.05) is 10.8 Å². The minimum Gasteiger partial charge on any atom is -0.460 e. The van der Waals surface area contributed by atoms with Crippen LogP contribution in [-0.4, -0.2) is 93.2 Å². The summed E-state index contributed by atoms with van der Waals surface area (Å²) in [6, 6.07) is 13.0. The molecule has 2 aromatic carbocycles. The molecule has 0 saturated carbocycles. The Bertz CT molecular complexity index is 1460. The largest absolute Gasteiger partial charge is 0.460 e. The number of nitrogens with zero attached hydrogens (tertiary/aromatic N) is 3. The van der Waals surface area contributed by atoms with Crippen molar-refractivity contribution in [3.05, 3.63) is 82.8 Å². The third-order valence-corrected chi connectivity index (χ3v) is 13.8. The number of hydrogen-bond acceptors (Lipinski definition) is 10. The molecule has 0 bridgehead atoms. The fourth-order valence-electron chi connectivity index (χ4n) is 5.51. The van der Waals surface area contributed by atoms with Gasteiger partial charge >= 0.3 is 12.1 Å². The van der Waals surface area contributed by atoms with Crippen LogP contribution in [-0.2, 0) is 28.2 Å². The van der Waals surface area contributed by atoms with Gasteiger partial charge in [0.2, 0.25) is 0 Å². The molecule has 14 heteroatoms. The van der Waals surface area contributed by atoms with E-state index in [-0.39, 0.29) is 30.8 Å². The fraction of sp³-hybridized carbons (Fsp3) is 0.529. The van der Waals surface area contributed by atoms with Crippen LogP contribution in [0.2, 0.25) is 18.1 Å². The average Bonchev–Trinajstić information content (AvgIpc) is 3.37. The first-order valence-corrected chi connectivity index (χ1v) is 18.8. The summed E-state index contributed by atoms with van der Waals surface area (Å²) >= 11 is 0. The number of ether oxygens (including phenoxy) is 4. The maximum Gasteiger partial charge on any atom is 0.407 e. The molecule has 2 aromatic rings. The number of alkyl carbamates (subject to hydrolysis) is 1. The van der Waals surface area contributed by atoms with Crippen molar-refractivity contribution in [2.24, 2.45) is 5.11 Å². The number of carbonyl (C=O) groups excluding carboxylic acids is 2. The van der Waals surface area contributed by atoms with Gasteiger partial charge in [0.1, 0.15) is 31.5 Å². The SMILES string of the molecule is C=CCOC(=O)[C@@H](NC(=O)OCC1c2ccccc2-c2ccccc21)[C@@H](C)O[C@H]1O[C@H](CO[Si](C)(C)C(C)(C)C)[C@H](O)[C@H](O)[C@H]1N=[N+]=[N-]. The van der Waals surface area contributed by atoms with Crippen LogP contribution in [0.25, 0.3) is 21.6 Å². The van der Waals surface area contributed by atoms with E-state index < -0.39 is 63.2 Å². The first-order chi connectivity index (χ1) is 22.7. The first kappa shape index (κ1) is 37.1. The third-order valence-electron chi connectivity index (χ3n) is 9.30. The normalized spacial score (nSPS) is 23.5. The van der Waals surface area contributed by atoms with E-state index in [1.807, 2.05) is 61.6 Å². The van der Waals surface area contributed by atoms with Crippen LogP contribution in [0, 0.1) is 0 Å². The molecule has 4 rings (SSSR count). The zero-order chi connectivity index (χ0) is 35.2. The van der Waals surface area contributed by atoms with Crippen molar-refractivity contribution in [2.45, 2.75) is 94.5 Å². The number of esters is 1. The third kappa shape index (κ3) is 8.27. The lowest BCUT2D eigenvalue weighted by atomic mass is 9.97. The van der Waals surface area contributed by atoms with Crippen molar-refractivity contribution >= 4 is 20.4 Å². The molecule has 2 aliphatic rings. The molecule has 7 atom stereocenters. The van der Waals surface area contributed by atoms with Crippen LogP contribution >= 0.6 is 0 Å². The molecular formula is C34H46N4O9Si. The number of aliphatic hydroxyl groups is 2. The number of nitrogens with one attached hydrogen (secondary N) is 1. The highest BCUT2D eigenvalue weighted by Crippen LogP contribution is 2.44. The van der Waals surface area contributed by atoms with Crippen LogP contribution in [0.3, 0.4) is 0 Å². The van der Waals surface area contributed by atoms with E-state index in [9.17, 15) is 25.3 Å². The Kier molecular flexibility index (Phi) is 12.1. The van der Waals surface area contributed by atoms with Gasteiger partial charge in [0.25, 0.3) is 0 Å². The molecule has 1 aliphatic heterocycles. The van der Waals surface area contributed by atoms with E-state index in [2.05, 4.69) is 42.7 Å². The molecule has 1 fully saturated rings. The number of benzene rings is 2. The van der Waals surface area contributed by atoms with Crippen molar-refractivity contribution < 1.29 is 43.2 Å². The number of carbonyl (C=O) groups is 2. The molecule has 48 heavy (non-hydrogen) atoms. The number of azide groups is 1. The Morgan fingerprint density at radius 1 is 1.06 bits per heavy atom. The van der Waals surface area contributed by atoms with Gasteiger partial charge in [0.05, 0.1) is 18.8 Å². The summed E-state index contributed by atoms with van der Waals surface area (Å²) in [5.41, 5.74) is 13.4. The van der Waals surface area contributed by atoms with Crippen LogP contribution in [0.5, 0.6) is 0 Å². The van der Waals surface area contributed by atoms with E-state index in [4.69, 9.17) is 23.4 Å². The molecule has 260 valence electrons. The lowest BCUT2D eigenvalue weighted by Gasteiger charge is -2.44. The topological polar surface area (TPSA) is 182 Å². The highest BCUT2D eigenvalue weighted by molar-refractivity contribution is 6.74. The van der Waals surface area contributed by atoms with Gasteiger partial charge in [-0.05, 0) is 52.8 Å². The predicted molar refractivity (Wildman–Crippen MR) is 180 cm³/mol. The Hall–Kier alpha value is -3.75. The van der Waals surface area contributed by atoms with Crippen molar-refractivity contribution in [3.63, 3.8) is 0 Å². The highest BCUT2D eigenvalue weighted by atomic mass is 28.4. The molecule has 1 saturated heterocycles. The van der Waals surface area contributed by atoms with E-state index in [1.165, 1.54) is 13.0 Å². The minimum absolute atomic E-state index is 0.00814. The standard InChI is InChI=1S/C34H46N4O9Si/c1-8-17-43-31(41)27(36-33(42)44-18-25-23-15-11-9-13-21(23)22-14-10-12-16-24(22)25)20(2)46-32-28(37-38-35)30(40)29(39)26(47-32)19-45-48(6,7)34(3,4)5/h8-16,20,25-30,32,39-40H,1,17-19H2,2-7H3,(H,36,42)/t20-,26-,27+,28-,29+,30-,32+/m1/s1. The van der Waals surface area contributed by atoms with Gasteiger partial charge in [-0.2, -0.15) is 0 Å². The molecule has 0 aromatic heterocycles. The van der Waals surface area contributed by atoms with Crippen molar-refractivity contribution in [2.75, 3.05) is 19.8 Å². The molecule has 13 nitrogen and oxygen atoms in total. The zero-order valence-corrected chi connectivity index (χ0v) is 29.2. The number of aliphatic hydroxyl groups excluding tert-OH is 2. The van der Waals surface area contributed by atoms with Gasteiger partial charge in [-0.1, -0.05) is 87.1 Å². The summed E-state index contributed by atoms with van der Waals surface area (Å²) in [5, 5.41) is 27.8. The van der Waals surface area contributed by atoms with Crippen LogP contribution in [0.4, 0.5) is 4.79 Å². The number of hydrogen-bond donors (Lipinski definition) is 3. The van der Waals surface area contributed by atoms with Gasteiger partial charge in [-0.25, -0.2) is 9.59 Å². The molecule has 0 radical (unpaired) electrons. The van der Waals surface area contributed by atoms with Crippen LogP contribution < -0.4 is 5.32 Å². The lowest BCUT2D eigenvalue weighted by Crippen LogP contribution is -2.61. The van der Waals surface area contributed by atoms with E-state index >= 15 is 0 Å². The molecule has 1 amide bonds. The summed E-state index contributed by atoms with van der Waals surface area (Å²) in [4.78, 5) is 29.1. The predicted octanol–water partition coefficient (Wildman–Crippen LogP) is 5.18. The van der Waals surface area contributed by atoms with Gasteiger partial charge in [-0.15, -0.1) is 0 Å². The highest BCUT2D eigenvalue weighted by Gasteiger charge is 2.48. The van der Waals surface area contributed by atoms with Crippen molar-refractivity contribution in [1.29, 1.82) is 0 Å². The number of fused-ring (bicyclic) bond motifs is 3. The van der Waals surface area contributed by atoms with Crippen molar-refractivity contribution in [1.82, 2.24) is 5.32 Å². The Morgan fingerprint density at radius 3 is 2.23 bits per heavy atom. The molecule has 1 aliphatic carbocycles. The van der Waals surface area contributed by atoms with Crippen LogP contribution in [0.1, 0.15) is 44.7 Å². The number of rotatable bonds is 13. The number of amides is 1. The summed E-state index contributed by atoms with van der Waals surface area (Å²) in [6.07, 6.45) is -6.14. The monoisotopic (exact) mass is 682 g/mol. The van der Waals surface area contributed by atoms with Gasteiger partial charge < -0.3 is 38.9 Å². The second-order valence-corrected chi connectivity index (χ2v) is 18.3. The molecular weight excluding hydrogens is 636 g/mol. The summed E-state index contributed by atoms with van der Waals surface area (Å²) in [5.74, 6) is -1.05. The maximum absolute atomic E-state index is 13.2. The van der Waals surface area contributed by atoms with Gasteiger partial charge in [-0.3, -0.25) is 0 Å². The summed E-state index contributed by atoms with van der Waals surface area (Å²) < 4.78 is 29.2. The average molecular weight is 683 g/mol. The Labute approximate surface area is 281 Å². The zero-order valence-electron chi connectivity index (χ0n) is 28.2. The van der Waals surface area contributed by atoms with E-state index in [0.29, 0.717) is 0 Å². The quantitative estimate of drug-likeness (QED) is 0.0641. The van der Waals surface area contributed by atoms with Crippen molar-refractivity contribution in [3.8, 4) is 11.1 Å². The lowest BCUT2D eigenvalue weighted by molar-refractivity contribution is -0.277. The summed E-state index contributed by atoms with van der Waals surface area (Å²) in [6.45, 7) is 15.1. The fourth-order valence-corrected chi connectivity index (χ4v) is 6.53. The smallest absolute Gasteiger partial charge is 0.407 e. The first-order valence-electron chi connectivity index (χ1n) is 15.9. The second-order valence-electron chi connectivity index (χ2n) is 13.5. The second kappa shape index (κ2) is 15.6. The molecule has 3 N–H and O–H groups in total. The molecule has 1 heterocycles. The van der Waals surface area contributed by atoms with E-state index in [1.54, 1.807) is 0 Å². The molecule has 0 unspecified atom stereocenters.